The predicted octanol–water partition coefficient (Wildman–Crippen LogP) is 4.12. The van der Waals surface area contributed by atoms with Crippen LogP contribution < -0.4 is 5.73 Å². The summed E-state index contributed by atoms with van der Waals surface area (Å²) < 4.78 is 0. The van der Waals surface area contributed by atoms with Gasteiger partial charge in [0.25, 0.3) is 0 Å². The minimum atomic E-state index is -0.948. The molecule has 3 heteroatoms. The summed E-state index contributed by atoms with van der Waals surface area (Å²) in [6.07, 6.45) is 0. The zero-order valence-electron chi connectivity index (χ0n) is 13.1. The molecule has 3 aromatic rings. The molecule has 3 nitrogen and oxygen atoms in total. The molecule has 0 fully saturated rings. The fourth-order valence-electron chi connectivity index (χ4n) is 2.71. The second-order valence-corrected chi connectivity index (χ2v) is 5.52. The number of nitrogen functional groups attached to an aromatic ring is 1. The van der Waals surface area contributed by atoms with Crippen LogP contribution in [0.15, 0.2) is 84.9 Å². The number of carbonyl (C=O) groups is 2. The van der Waals surface area contributed by atoms with E-state index in [4.69, 9.17) is 5.73 Å². The first-order valence-corrected chi connectivity index (χ1v) is 7.71. The first kappa shape index (κ1) is 15.7. The summed E-state index contributed by atoms with van der Waals surface area (Å²) in [5.41, 5.74) is 8.02. The Balaban J connectivity index is 2.10. The second kappa shape index (κ2) is 6.92. The zero-order valence-corrected chi connectivity index (χ0v) is 13.1. The molecular weight excluding hydrogens is 298 g/mol. The molecule has 0 radical (unpaired) electrons. The van der Waals surface area contributed by atoms with Crippen molar-refractivity contribution < 1.29 is 9.59 Å². The van der Waals surface area contributed by atoms with Gasteiger partial charge in [-0.1, -0.05) is 78.9 Å². The van der Waals surface area contributed by atoms with Crippen LogP contribution in [-0.2, 0) is 0 Å². The van der Waals surface area contributed by atoms with E-state index in [-0.39, 0.29) is 11.6 Å². The molecule has 0 aliphatic carbocycles. The predicted molar refractivity (Wildman–Crippen MR) is 95.1 cm³/mol. The molecule has 0 unspecified atom stereocenters. The zero-order chi connectivity index (χ0) is 16.9. The van der Waals surface area contributed by atoms with Crippen LogP contribution in [-0.4, -0.2) is 11.6 Å². The normalized spacial score (nSPS) is 10.5. The summed E-state index contributed by atoms with van der Waals surface area (Å²) in [5.74, 6) is -1.44. The number of anilines is 1. The van der Waals surface area contributed by atoms with Gasteiger partial charge in [0.2, 0.25) is 0 Å². The van der Waals surface area contributed by atoms with Crippen LogP contribution in [0.25, 0.3) is 0 Å². The first-order chi connectivity index (χ1) is 11.7. The van der Waals surface area contributed by atoms with Crippen molar-refractivity contribution in [1.82, 2.24) is 0 Å². The third-order valence-electron chi connectivity index (χ3n) is 3.95. The summed E-state index contributed by atoms with van der Waals surface area (Å²) in [5, 5.41) is 0. The number of nitrogens with two attached hydrogens (primary N) is 1. The van der Waals surface area contributed by atoms with Gasteiger partial charge in [-0.2, -0.15) is 0 Å². The highest BCUT2D eigenvalue weighted by Crippen LogP contribution is 2.29. The van der Waals surface area contributed by atoms with Crippen LogP contribution in [0.2, 0.25) is 0 Å². The van der Waals surface area contributed by atoms with Gasteiger partial charge in [-0.25, -0.2) is 0 Å². The Morgan fingerprint density at radius 3 is 1.50 bits per heavy atom. The summed E-state index contributed by atoms with van der Waals surface area (Å²) in [4.78, 5) is 26.1. The van der Waals surface area contributed by atoms with Gasteiger partial charge in [0.15, 0.2) is 11.6 Å². The number of carbonyl (C=O) groups excluding carboxylic acids is 2. The number of para-hydroxylation sites is 1. The molecule has 0 saturated heterocycles. The monoisotopic (exact) mass is 315 g/mol. The molecular formula is C21H17NO2. The third-order valence-corrected chi connectivity index (χ3v) is 3.95. The molecule has 118 valence electrons. The molecule has 0 heterocycles. The van der Waals surface area contributed by atoms with E-state index in [1.807, 2.05) is 12.1 Å². The molecule has 0 aromatic heterocycles. The van der Waals surface area contributed by atoms with Crippen molar-refractivity contribution in [2.75, 3.05) is 5.73 Å². The van der Waals surface area contributed by atoms with Gasteiger partial charge in [0.1, 0.15) is 5.92 Å². The lowest BCUT2D eigenvalue weighted by molar-refractivity contribution is 0.0860. The average Bonchev–Trinajstić information content (AvgIpc) is 2.64. The van der Waals surface area contributed by atoms with Crippen molar-refractivity contribution in [3.05, 3.63) is 102 Å². The highest BCUT2D eigenvalue weighted by atomic mass is 16.2. The maximum atomic E-state index is 13.0. The van der Waals surface area contributed by atoms with Gasteiger partial charge >= 0.3 is 0 Å². The number of ketones is 2. The Morgan fingerprint density at radius 1 is 0.625 bits per heavy atom. The largest absolute Gasteiger partial charge is 0.398 e. The quantitative estimate of drug-likeness (QED) is 0.438. The molecule has 24 heavy (non-hydrogen) atoms. The van der Waals surface area contributed by atoms with Crippen molar-refractivity contribution in [1.29, 1.82) is 0 Å². The number of benzene rings is 3. The van der Waals surface area contributed by atoms with Gasteiger partial charge in [-0.3, -0.25) is 9.59 Å². The minimum Gasteiger partial charge on any atom is -0.398 e. The Morgan fingerprint density at radius 2 is 1.04 bits per heavy atom. The number of hydrogen-bond acceptors (Lipinski definition) is 3. The maximum Gasteiger partial charge on any atom is 0.178 e. The van der Waals surface area contributed by atoms with Crippen LogP contribution in [0.4, 0.5) is 5.69 Å². The van der Waals surface area contributed by atoms with Crippen LogP contribution >= 0.6 is 0 Å². The molecule has 0 aliphatic rings. The van der Waals surface area contributed by atoms with Crippen LogP contribution in [0.1, 0.15) is 32.2 Å². The minimum absolute atomic E-state index is 0.248. The van der Waals surface area contributed by atoms with Crippen molar-refractivity contribution in [3.8, 4) is 0 Å². The highest BCUT2D eigenvalue weighted by molar-refractivity contribution is 6.20. The van der Waals surface area contributed by atoms with E-state index in [0.717, 1.165) is 0 Å². The summed E-state index contributed by atoms with van der Waals surface area (Å²) >= 11 is 0. The summed E-state index contributed by atoms with van der Waals surface area (Å²) in [7, 11) is 0. The number of Topliss-reactive ketones (excluding diaryl/α,β-unsaturated/α-hetero) is 2. The number of hydrogen-bond donors (Lipinski definition) is 1. The lowest BCUT2D eigenvalue weighted by Crippen LogP contribution is -2.23. The van der Waals surface area contributed by atoms with Gasteiger partial charge < -0.3 is 5.73 Å². The standard InChI is InChI=1S/C21H17NO2/c22-18-14-8-7-13-17(18)19(20(23)15-9-3-1-4-10-15)21(24)16-11-5-2-6-12-16/h1-14,19H,22H2. The molecule has 0 spiro atoms. The van der Waals surface area contributed by atoms with Crippen molar-refractivity contribution in [3.63, 3.8) is 0 Å². The van der Waals surface area contributed by atoms with Gasteiger partial charge in [0, 0.05) is 16.8 Å². The Hall–Kier alpha value is -3.20. The summed E-state index contributed by atoms with van der Waals surface area (Å²) in [6, 6.07) is 24.7. The molecule has 0 saturated carbocycles. The molecule has 0 atom stereocenters. The molecule has 0 amide bonds. The van der Waals surface area contributed by atoms with Crippen LogP contribution in [0.5, 0.6) is 0 Å². The van der Waals surface area contributed by atoms with E-state index < -0.39 is 5.92 Å². The van der Waals surface area contributed by atoms with Gasteiger partial charge in [-0.05, 0) is 11.6 Å². The molecule has 0 aliphatic heterocycles. The van der Waals surface area contributed by atoms with E-state index in [1.54, 1.807) is 72.8 Å². The van der Waals surface area contributed by atoms with E-state index in [9.17, 15) is 9.59 Å². The molecule has 2 N–H and O–H groups in total. The third kappa shape index (κ3) is 3.10. The highest BCUT2D eigenvalue weighted by Gasteiger charge is 2.31. The second-order valence-electron chi connectivity index (χ2n) is 5.52. The lowest BCUT2D eigenvalue weighted by atomic mass is 9.84. The van der Waals surface area contributed by atoms with Gasteiger partial charge in [0.05, 0.1) is 0 Å². The smallest absolute Gasteiger partial charge is 0.178 e. The Bertz CT molecular complexity index is 806. The fourth-order valence-corrected chi connectivity index (χ4v) is 2.71. The van der Waals surface area contributed by atoms with Gasteiger partial charge in [-0.15, -0.1) is 0 Å². The molecule has 0 bridgehead atoms. The molecule has 3 rings (SSSR count). The van der Waals surface area contributed by atoms with Crippen molar-refractivity contribution in [2.24, 2.45) is 0 Å². The van der Waals surface area contributed by atoms with Crippen molar-refractivity contribution in [2.45, 2.75) is 5.92 Å². The van der Waals surface area contributed by atoms with E-state index in [0.29, 0.717) is 22.4 Å². The SMILES string of the molecule is Nc1ccccc1C(C(=O)c1ccccc1)C(=O)c1ccccc1. The van der Waals surface area contributed by atoms with E-state index in [1.165, 1.54) is 0 Å². The summed E-state index contributed by atoms with van der Waals surface area (Å²) in [6.45, 7) is 0. The Labute approximate surface area is 140 Å². The van der Waals surface area contributed by atoms with Crippen LogP contribution in [0, 0.1) is 0 Å². The topological polar surface area (TPSA) is 60.2 Å². The van der Waals surface area contributed by atoms with E-state index >= 15 is 0 Å². The van der Waals surface area contributed by atoms with E-state index in [2.05, 4.69) is 0 Å². The van der Waals surface area contributed by atoms with Crippen molar-refractivity contribution >= 4 is 17.3 Å². The maximum absolute atomic E-state index is 13.0. The Kier molecular flexibility index (Phi) is 4.52. The van der Waals surface area contributed by atoms with Crippen LogP contribution in [0.3, 0.4) is 0 Å². The fraction of sp³-hybridized carbons (Fsp3) is 0.0476. The first-order valence-electron chi connectivity index (χ1n) is 7.71. The average molecular weight is 315 g/mol. The lowest BCUT2D eigenvalue weighted by Gasteiger charge is -2.17. The number of rotatable bonds is 5. The molecule has 3 aromatic carbocycles.